The summed E-state index contributed by atoms with van der Waals surface area (Å²) < 4.78 is 0. The third-order valence-electron chi connectivity index (χ3n) is 4.07. The van der Waals surface area contributed by atoms with Gasteiger partial charge in [0.1, 0.15) is 0 Å². The Morgan fingerprint density at radius 3 is 2.75 bits per heavy atom. The molecule has 1 atom stereocenters. The van der Waals surface area contributed by atoms with Crippen LogP contribution >= 0.6 is 0 Å². The highest BCUT2D eigenvalue weighted by molar-refractivity contribution is 5.56. The Morgan fingerprint density at radius 1 is 1.15 bits per heavy atom. The molecule has 2 aromatic carbocycles. The van der Waals surface area contributed by atoms with E-state index in [-0.39, 0.29) is 0 Å². The molecule has 100 valence electrons. The summed E-state index contributed by atoms with van der Waals surface area (Å²) in [5.41, 5.74) is 5.93. The molecule has 0 saturated carbocycles. The summed E-state index contributed by atoms with van der Waals surface area (Å²) in [6.07, 6.45) is 3.34. The zero-order valence-electron chi connectivity index (χ0n) is 11.7. The molecular formula is C18H18N2. The van der Waals surface area contributed by atoms with Crippen LogP contribution in [-0.2, 0) is 12.8 Å². The topological polar surface area (TPSA) is 35.8 Å². The Bertz CT molecular complexity index is 667. The van der Waals surface area contributed by atoms with Crippen LogP contribution in [0.5, 0.6) is 0 Å². The molecule has 2 aromatic rings. The quantitative estimate of drug-likeness (QED) is 0.892. The molecule has 0 amide bonds. The summed E-state index contributed by atoms with van der Waals surface area (Å²) in [5.74, 6) is 0. The van der Waals surface area contributed by atoms with Gasteiger partial charge in [-0.2, -0.15) is 5.26 Å². The fraction of sp³-hybridized carbons (Fsp3) is 0.278. The molecular weight excluding hydrogens is 244 g/mol. The summed E-state index contributed by atoms with van der Waals surface area (Å²) in [5, 5.41) is 12.6. The lowest BCUT2D eigenvalue weighted by molar-refractivity contribution is 0.610. The van der Waals surface area contributed by atoms with Crippen LogP contribution in [0.4, 0.5) is 5.69 Å². The summed E-state index contributed by atoms with van der Waals surface area (Å²) in [6.45, 7) is 2.08. The number of nitrogens with one attached hydrogen (secondary N) is 1. The first-order valence-corrected chi connectivity index (χ1v) is 7.10. The summed E-state index contributed by atoms with van der Waals surface area (Å²) in [6, 6.07) is 17.2. The molecule has 0 fully saturated rings. The fourth-order valence-electron chi connectivity index (χ4n) is 2.89. The molecule has 0 radical (unpaired) electrons. The average Bonchev–Trinajstić information content (AvgIpc) is 2.49. The van der Waals surface area contributed by atoms with Gasteiger partial charge in [-0.1, -0.05) is 30.3 Å². The monoisotopic (exact) mass is 262 g/mol. The number of anilines is 1. The zero-order valence-corrected chi connectivity index (χ0v) is 11.7. The van der Waals surface area contributed by atoms with Crippen LogP contribution in [0.2, 0.25) is 0 Å². The van der Waals surface area contributed by atoms with Gasteiger partial charge in [0.25, 0.3) is 0 Å². The minimum Gasteiger partial charge on any atom is -0.382 e. The molecule has 20 heavy (non-hydrogen) atoms. The fourth-order valence-corrected chi connectivity index (χ4v) is 2.89. The molecule has 2 heteroatoms. The molecule has 1 unspecified atom stereocenters. The Morgan fingerprint density at radius 2 is 1.95 bits per heavy atom. The third kappa shape index (κ3) is 2.53. The Balaban J connectivity index is 1.79. The van der Waals surface area contributed by atoms with Crippen molar-refractivity contribution in [2.75, 3.05) is 5.32 Å². The van der Waals surface area contributed by atoms with Gasteiger partial charge in [0.15, 0.2) is 0 Å². The SMILES string of the molecule is Cc1ccc(C#N)cc1NC1CCc2ccccc2C1. The van der Waals surface area contributed by atoms with Crippen molar-refractivity contribution in [3.63, 3.8) is 0 Å². The first kappa shape index (κ1) is 12.7. The van der Waals surface area contributed by atoms with Gasteiger partial charge in [-0.25, -0.2) is 0 Å². The van der Waals surface area contributed by atoms with Crippen LogP contribution in [-0.4, -0.2) is 6.04 Å². The Kier molecular flexibility index (Phi) is 3.43. The maximum atomic E-state index is 9.01. The second-order valence-electron chi connectivity index (χ2n) is 5.49. The van der Waals surface area contributed by atoms with Gasteiger partial charge in [0, 0.05) is 11.7 Å². The summed E-state index contributed by atoms with van der Waals surface area (Å²) in [4.78, 5) is 0. The van der Waals surface area contributed by atoms with Crippen LogP contribution in [0, 0.1) is 18.3 Å². The van der Waals surface area contributed by atoms with E-state index in [9.17, 15) is 0 Å². The molecule has 1 aliphatic rings. The van der Waals surface area contributed by atoms with Crippen molar-refractivity contribution in [3.8, 4) is 6.07 Å². The van der Waals surface area contributed by atoms with Crippen LogP contribution in [0.15, 0.2) is 42.5 Å². The summed E-state index contributed by atoms with van der Waals surface area (Å²) in [7, 11) is 0. The first-order valence-electron chi connectivity index (χ1n) is 7.10. The molecule has 1 N–H and O–H groups in total. The lowest BCUT2D eigenvalue weighted by Gasteiger charge is -2.27. The zero-order chi connectivity index (χ0) is 13.9. The second kappa shape index (κ2) is 5.38. The van der Waals surface area contributed by atoms with Crippen molar-refractivity contribution in [2.45, 2.75) is 32.2 Å². The molecule has 0 heterocycles. The summed E-state index contributed by atoms with van der Waals surface area (Å²) >= 11 is 0. The van der Waals surface area contributed by atoms with Crippen molar-refractivity contribution in [1.29, 1.82) is 5.26 Å². The van der Waals surface area contributed by atoms with Gasteiger partial charge in [0.05, 0.1) is 11.6 Å². The molecule has 0 bridgehead atoms. The van der Waals surface area contributed by atoms with E-state index in [1.807, 2.05) is 18.2 Å². The first-order chi connectivity index (χ1) is 9.76. The molecule has 3 rings (SSSR count). The standard InChI is InChI=1S/C18H18N2/c1-13-6-7-14(12-19)10-18(13)20-17-9-8-15-4-2-3-5-16(15)11-17/h2-7,10,17,20H,8-9,11H2,1H3. The lowest BCUT2D eigenvalue weighted by atomic mass is 9.88. The highest BCUT2D eigenvalue weighted by atomic mass is 14.9. The van der Waals surface area contributed by atoms with Crippen LogP contribution in [0.3, 0.4) is 0 Å². The van der Waals surface area contributed by atoms with Gasteiger partial charge in [0.2, 0.25) is 0 Å². The van der Waals surface area contributed by atoms with Crippen LogP contribution in [0.25, 0.3) is 0 Å². The van der Waals surface area contributed by atoms with Crippen molar-refractivity contribution in [3.05, 3.63) is 64.7 Å². The maximum Gasteiger partial charge on any atom is 0.0992 e. The predicted molar refractivity (Wildman–Crippen MR) is 81.8 cm³/mol. The smallest absolute Gasteiger partial charge is 0.0992 e. The van der Waals surface area contributed by atoms with E-state index >= 15 is 0 Å². The van der Waals surface area contributed by atoms with Gasteiger partial charge in [-0.05, 0) is 55.0 Å². The van der Waals surface area contributed by atoms with Crippen molar-refractivity contribution >= 4 is 5.69 Å². The number of fused-ring (bicyclic) bond motifs is 1. The van der Waals surface area contributed by atoms with E-state index in [4.69, 9.17) is 5.26 Å². The molecule has 0 aliphatic heterocycles. The molecule has 0 spiro atoms. The van der Waals surface area contributed by atoms with E-state index < -0.39 is 0 Å². The average molecular weight is 262 g/mol. The number of nitriles is 1. The third-order valence-corrected chi connectivity index (χ3v) is 4.07. The molecule has 1 aliphatic carbocycles. The van der Waals surface area contributed by atoms with Crippen LogP contribution < -0.4 is 5.32 Å². The Labute approximate surface area is 120 Å². The van der Waals surface area contributed by atoms with E-state index in [2.05, 4.69) is 42.6 Å². The maximum absolute atomic E-state index is 9.01. The predicted octanol–water partition coefficient (Wildman–Crippen LogP) is 3.84. The van der Waals surface area contributed by atoms with E-state index in [0.717, 1.165) is 24.9 Å². The van der Waals surface area contributed by atoms with Crippen molar-refractivity contribution in [1.82, 2.24) is 0 Å². The number of benzene rings is 2. The number of hydrogen-bond donors (Lipinski definition) is 1. The van der Waals surface area contributed by atoms with Gasteiger partial charge in [-0.15, -0.1) is 0 Å². The molecule has 0 aromatic heterocycles. The van der Waals surface area contributed by atoms with Gasteiger partial charge < -0.3 is 5.32 Å². The van der Waals surface area contributed by atoms with Crippen LogP contribution in [0.1, 0.15) is 28.7 Å². The second-order valence-corrected chi connectivity index (χ2v) is 5.49. The normalized spacial score (nSPS) is 17.1. The number of hydrogen-bond acceptors (Lipinski definition) is 2. The van der Waals surface area contributed by atoms with Crippen molar-refractivity contribution in [2.24, 2.45) is 0 Å². The Hall–Kier alpha value is -2.27. The number of nitrogens with zero attached hydrogens (tertiary/aromatic N) is 1. The van der Waals surface area contributed by atoms with Gasteiger partial charge in [-0.3, -0.25) is 0 Å². The van der Waals surface area contributed by atoms with E-state index in [1.54, 1.807) is 0 Å². The van der Waals surface area contributed by atoms with Crippen molar-refractivity contribution < 1.29 is 0 Å². The minimum atomic E-state index is 0.456. The number of rotatable bonds is 2. The highest BCUT2D eigenvalue weighted by Crippen LogP contribution is 2.25. The molecule has 2 nitrogen and oxygen atoms in total. The highest BCUT2D eigenvalue weighted by Gasteiger charge is 2.18. The van der Waals surface area contributed by atoms with E-state index in [1.165, 1.54) is 16.7 Å². The minimum absolute atomic E-state index is 0.456. The molecule has 0 saturated heterocycles. The largest absolute Gasteiger partial charge is 0.382 e. The van der Waals surface area contributed by atoms with Gasteiger partial charge >= 0.3 is 0 Å². The lowest BCUT2D eigenvalue weighted by Crippen LogP contribution is -2.27. The van der Waals surface area contributed by atoms with E-state index in [0.29, 0.717) is 11.6 Å². The number of aryl methyl sites for hydroxylation is 2.